The Kier molecular flexibility index (Phi) is 3.47. The normalized spacial score (nSPS) is 13.2. The van der Waals surface area contributed by atoms with E-state index in [1.54, 1.807) is 31.3 Å². The van der Waals surface area contributed by atoms with Crippen molar-refractivity contribution in [1.82, 2.24) is 0 Å². The first kappa shape index (κ1) is 14.0. The molecule has 0 unspecified atom stereocenters. The highest BCUT2D eigenvalue weighted by molar-refractivity contribution is 6.52. The molecule has 1 heterocycles. The molecule has 0 N–H and O–H groups in total. The number of amides is 2. The molecule has 5 nitrogen and oxygen atoms in total. The van der Waals surface area contributed by atoms with Crippen molar-refractivity contribution < 1.29 is 14.4 Å². The standard InChI is InChI=1S/C17H14N2O3/c1-18(12-7-3-2-4-8-12)15(20)11-19-14-10-6-5-9-13(14)16(21)17(19)22/h2-10H,11H2,1H3. The summed E-state index contributed by atoms with van der Waals surface area (Å²) in [6, 6.07) is 15.9. The van der Waals surface area contributed by atoms with Gasteiger partial charge in [0.2, 0.25) is 5.91 Å². The molecule has 0 aliphatic carbocycles. The van der Waals surface area contributed by atoms with Gasteiger partial charge < -0.3 is 4.90 Å². The molecule has 0 bridgehead atoms. The van der Waals surface area contributed by atoms with Gasteiger partial charge in [-0.15, -0.1) is 0 Å². The molecule has 110 valence electrons. The first-order valence-corrected chi connectivity index (χ1v) is 6.86. The van der Waals surface area contributed by atoms with Crippen LogP contribution < -0.4 is 9.80 Å². The van der Waals surface area contributed by atoms with Crippen LogP contribution in [0.4, 0.5) is 11.4 Å². The number of Topliss-reactive ketones (excluding diaryl/α,β-unsaturated/α-hetero) is 1. The average Bonchev–Trinajstić information content (AvgIpc) is 2.80. The van der Waals surface area contributed by atoms with Gasteiger partial charge in [-0.1, -0.05) is 30.3 Å². The molecule has 2 aromatic rings. The number of hydrogen-bond acceptors (Lipinski definition) is 3. The Labute approximate surface area is 127 Å². The smallest absolute Gasteiger partial charge is 0.299 e. The van der Waals surface area contributed by atoms with Gasteiger partial charge in [0.15, 0.2) is 0 Å². The van der Waals surface area contributed by atoms with Crippen molar-refractivity contribution in [3.8, 4) is 0 Å². The summed E-state index contributed by atoms with van der Waals surface area (Å²) >= 11 is 0. The van der Waals surface area contributed by atoms with Gasteiger partial charge in [-0.3, -0.25) is 19.3 Å². The van der Waals surface area contributed by atoms with Crippen molar-refractivity contribution in [2.45, 2.75) is 0 Å². The molecule has 5 heteroatoms. The average molecular weight is 294 g/mol. The van der Waals surface area contributed by atoms with Crippen LogP contribution in [0.25, 0.3) is 0 Å². The van der Waals surface area contributed by atoms with Crippen molar-refractivity contribution in [2.24, 2.45) is 0 Å². The Morgan fingerprint density at radius 1 is 1.00 bits per heavy atom. The number of carbonyl (C=O) groups excluding carboxylic acids is 3. The van der Waals surface area contributed by atoms with E-state index in [0.717, 1.165) is 5.69 Å². The molecular weight excluding hydrogens is 280 g/mol. The van der Waals surface area contributed by atoms with Crippen LogP contribution in [0.2, 0.25) is 0 Å². The fourth-order valence-electron chi connectivity index (χ4n) is 2.44. The summed E-state index contributed by atoms with van der Waals surface area (Å²) in [7, 11) is 1.64. The summed E-state index contributed by atoms with van der Waals surface area (Å²) in [6.45, 7) is -0.160. The minimum absolute atomic E-state index is 0.160. The fraction of sp³-hybridized carbons (Fsp3) is 0.118. The largest absolute Gasteiger partial charge is 0.314 e. The molecule has 2 aromatic carbocycles. The first-order valence-electron chi connectivity index (χ1n) is 6.86. The number of benzene rings is 2. The zero-order valence-corrected chi connectivity index (χ0v) is 12.0. The first-order chi connectivity index (χ1) is 10.6. The summed E-state index contributed by atoms with van der Waals surface area (Å²) in [4.78, 5) is 39.1. The van der Waals surface area contributed by atoms with Crippen LogP contribution in [-0.4, -0.2) is 31.2 Å². The zero-order valence-electron chi connectivity index (χ0n) is 12.0. The summed E-state index contributed by atoms with van der Waals surface area (Å²) in [5.74, 6) is -1.48. The number of rotatable bonds is 3. The number of anilines is 2. The van der Waals surface area contributed by atoms with Gasteiger partial charge >= 0.3 is 0 Å². The van der Waals surface area contributed by atoms with Gasteiger partial charge in [-0.25, -0.2) is 0 Å². The maximum atomic E-state index is 12.4. The number of para-hydroxylation sites is 2. The molecule has 2 amide bonds. The van der Waals surface area contributed by atoms with Crippen LogP contribution in [0.1, 0.15) is 10.4 Å². The SMILES string of the molecule is CN(C(=O)CN1C(=O)C(=O)c2ccccc21)c1ccccc1. The van der Waals surface area contributed by atoms with E-state index in [1.165, 1.54) is 9.80 Å². The van der Waals surface area contributed by atoms with Gasteiger partial charge in [-0.05, 0) is 24.3 Å². The van der Waals surface area contributed by atoms with Crippen LogP contribution in [0.5, 0.6) is 0 Å². The third-order valence-corrected chi connectivity index (χ3v) is 3.69. The van der Waals surface area contributed by atoms with Gasteiger partial charge in [0, 0.05) is 12.7 Å². The second-order valence-electron chi connectivity index (χ2n) is 5.03. The molecule has 0 saturated carbocycles. The predicted molar refractivity (Wildman–Crippen MR) is 83.0 cm³/mol. The highest BCUT2D eigenvalue weighted by Crippen LogP contribution is 2.28. The highest BCUT2D eigenvalue weighted by Gasteiger charge is 2.36. The van der Waals surface area contributed by atoms with Crippen molar-refractivity contribution in [2.75, 3.05) is 23.4 Å². The highest BCUT2D eigenvalue weighted by atomic mass is 16.2. The van der Waals surface area contributed by atoms with Crippen LogP contribution >= 0.6 is 0 Å². The molecule has 3 rings (SSSR count). The van der Waals surface area contributed by atoms with Crippen molar-refractivity contribution >= 4 is 29.0 Å². The van der Waals surface area contributed by atoms with Crippen molar-refractivity contribution in [3.05, 3.63) is 60.2 Å². The summed E-state index contributed by atoms with van der Waals surface area (Å²) in [5, 5.41) is 0. The molecule has 0 atom stereocenters. The van der Waals surface area contributed by atoms with Gasteiger partial charge in [0.25, 0.3) is 11.7 Å². The molecular formula is C17H14N2O3. The van der Waals surface area contributed by atoms with Crippen molar-refractivity contribution in [1.29, 1.82) is 0 Å². The molecule has 0 aromatic heterocycles. The van der Waals surface area contributed by atoms with Crippen LogP contribution in [0, 0.1) is 0 Å². The van der Waals surface area contributed by atoms with Crippen LogP contribution in [0.3, 0.4) is 0 Å². The topological polar surface area (TPSA) is 57.7 Å². The Bertz CT molecular complexity index is 756. The van der Waals surface area contributed by atoms with E-state index < -0.39 is 11.7 Å². The van der Waals surface area contributed by atoms with E-state index in [0.29, 0.717) is 11.3 Å². The number of hydrogen-bond donors (Lipinski definition) is 0. The summed E-state index contributed by atoms with van der Waals surface area (Å²) in [5.41, 5.74) is 1.58. The Morgan fingerprint density at radius 3 is 2.36 bits per heavy atom. The third-order valence-electron chi connectivity index (χ3n) is 3.69. The maximum Gasteiger partial charge on any atom is 0.299 e. The lowest BCUT2D eigenvalue weighted by Crippen LogP contribution is -2.41. The molecule has 22 heavy (non-hydrogen) atoms. The Morgan fingerprint density at radius 2 is 1.64 bits per heavy atom. The van der Waals surface area contributed by atoms with Crippen LogP contribution in [-0.2, 0) is 9.59 Å². The minimum atomic E-state index is -0.656. The minimum Gasteiger partial charge on any atom is -0.314 e. The monoisotopic (exact) mass is 294 g/mol. The fourth-order valence-corrected chi connectivity index (χ4v) is 2.44. The second kappa shape index (κ2) is 5.44. The maximum absolute atomic E-state index is 12.4. The lowest BCUT2D eigenvalue weighted by atomic mass is 10.1. The van der Waals surface area contributed by atoms with Gasteiger partial charge in [0.05, 0.1) is 11.3 Å². The number of ketones is 1. The molecule has 0 spiro atoms. The number of likely N-dealkylation sites (N-methyl/N-ethyl adjacent to an activating group) is 1. The Balaban J connectivity index is 1.83. The van der Waals surface area contributed by atoms with E-state index in [9.17, 15) is 14.4 Å². The number of nitrogens with zero attached hydrogens (tertiary/aromatic N) is 2. The van der Waals surface area contributed by atoms with Crippen LogP contribution in [0.15, 0.2) is 54.6 Å². The molecule has 1 aliphatic rings. The quantitative estimate of drug-likeness (QED) is 0.812. The molecule has 0 saturated heterocycles. The zero-order chi connectivity index (χ0) is 15.7. The van der Waals surface area contributed by atoms with E-state index in [-0.39, 0.29) is 12.5 Å². The van der Waals surface area contributed by atoms with Gasteiger partial charge in [0.1, 0.15) is 6.54 Å². The molecule has 0 radical (unpaired) electrons. The third kappa shape index (κ3) is 2.26. The molecule has 1 aliphatic heterocycles. The van der Waals surface area contributed by atoms with E-state index in [1.807, 2.05) is 30.3 Å². The van der Waals surface area contributed by atoms with E-state index in [2.05, 4.69) is 0 Å². The lowest BCUT2D eigenvalue weighted by Gasteiger charge is -2.21. The Hall–Kier alpha value is -2.95. The summed E-state index contributed by atoms with van der Waals surface area (Å²) < 4.78 is 0. The molecule has 0 fully saturated rings. The van der Waals surface area contributed by atoms with E-state index >= 15 is 0 Å². The van der Waals surface area contributed by atoms with Crippen molar-refractivity contribution in [3.63, 3.8) is 0 Å². The number of carbonyl (C=O) groups is 3. The predicted octanol–water partition coefficient (Wildman–Crippen LogP) is 1.88. The van der Waals surface area contributed by atoms with Gasteiger partial charge in [-0.2, -0.15) is 0 Å². The lowest BCUT2D eigenvalue weighted by molar-refractivity contribution is -0.120. The second-order valence-corrected chi connectivity index (χ2v) is 5.03. The number of fused-ring (bicyclic) bond motifs is 1. The summed E-state index contributed by atoms with van der Waals surface area (Å²) in [6.07, 6.45) is 0. The van der Waals surface area contributed by atoms with E-state index in [4.69, 9.17) is 0 Å².